The smallest absolute Gasteiger partial charge is 0.234 e. The van der Waals surface area contributed by atoms with Crippen molar-refractivity contribution >= 4 is 23.2 Å². The zero-order valence-electron chi connectivity index (χ0n) is 15.4. The second kappa shape index (κ2) is 10.3. The molecule has 144 valence electrons. The number of carbonyl (C=O) groups is 1. The SMILES string of the molecule is O=C(CN1CCOCC1)NCCC(Nc1cccc(Cl)c1)c1ccccc1. The van der Waals surface area contributed by atoms with Gasteiger partial charge in [-0.1, -0.05) is 48.0 Å². The normalized spacial score (nSPS) is 15.9. The minimum Gasteiger partial charge on any atom is -0.379 e. The third-order valence-electron chi connectivity index (χ3n) is 4.59. The number of nitrogens with one attached hydrogen (secondary N) is 2. The Balaban J connectivity index is 1.54. The number of anilines is 1. The lowest BCUT2D eigenvalue weighted by Crippen LogP contribution is -2.43. The maximum absolute atomic E-state index is 12.2. The Morgan fingerprint density at radius 3 is 2.63 bits per heavy atom. The van der Waals surface area contributed by atoms with Crippen LogP contribution in [0.25, 0.3) is 0 Å². The van der Waals surface area contributed by atoms with E-state index in [-0.39, 0.29) is 11.9 Å². The number of amides is 1. The van der Waals surface area contributed by atoms with Gasteiger partial charge >= 0.3 is 0 Å². The van der Waals surface area contributed by atoms with Crippen LogP contribution in [0.1, 0.15) is 18.0 Å². The van der Waals surface area contributed by atoms with Crippen LogP contribution in [0.4, 0.5) is 5.69 Å². The van der Waals surface area contributed by atoms with Gasteiger partial charge in [-0.25, -0.2) is 0 Å². The first-order valence-corrected chi connectivity index (χ1v) is 9.72. The van der Waals surface area contributed by atoms with E-state index in [4.69, 9.17) is 16.3 Å². The Morgan fingerprint density at radius 1 is 1.11 bits per heavy atom. The first-order valence-electron chi connectivity index (χ1n) is 9.34. The molecule has 2 aromatic carbocycles. The van der Waals surface area contributed by atoms with Gasteiger partial charge in [-0.2, -0.15) is 0 Å². The summed E-state index contributed by atoms with van der Waals surface area (Å²) in [4.78, 5) is 14.3. The lowest BCUT2D eigenvalue weighted by atomic mass is 10.0. The van der Waals surface area contributed by atoms with Crippen molar-refractivity contribution in [3.63, 3.8) is 0 Å². The molecule has 0 aromatic heterocycles. The van der Waals surface area contributed by atoms with Crippen LogP contribution in [-0.2, 0) is 9.53 Å². The minimum absolute atomic E-state index is 0.0615. The zero-order valence-corrected chi connectivity index (χ0v) is 16.1. The summed E-state index contributed by atoms with van der Waals surface area (Å²) in [5.41, 5.74) is 2.15. The van der Waals surface area contributed by atoms with E-state index in [2.05, 4.69) is 27.7 Å². The molecule has 0 bridgehead atoms. The molecule has 1 heterocycles. The molecule has 1 unspecified atom stereocenters. The summed E-state index contributed by atoms with van der Waals surface area (Å²) in [6.45, 7) is 4.07. The molecule has 5 nitrogen and oxygen atoms in total. The van der Waals surface area contributed by atoms with E-state index in [1.54, 1.807) is 0 Å². The van der Waals surface area contributed by atoms with Crippen LogP contribution in [0.3, 0.4) is 0 Å². The average molecular weight is 388 g/mol. The predicted molar refractivity (Wildman–Crippen MR) is 109 cm³/mol. The lowest BCUT2D eigenvalue weighted by Gasteiger charge is -2.26. The fourth-order valence-electron chi connectivity index (χ4n) is 3.16. The number of nitrogens with zero attached hydrogens (tertiary/aromatic N) is 1. The van der Waals surface area contributed by atoms with Crippen molar-refractivity contribution in [2.45, 2.75) is 12.5 Å². The van der Waals surface area contributed by atoms with E-state index >= 15 is 0 Å². The molecular formula is C21H26ClN3O2. The highest BCUT2D eigenvalue weighted by Crippen LogP contribution is 2.24. The Morgan fingerprint density at radius 2 is 1.89 bits per heavy atom. The molecule has 0 radical (unpaired) electrons. The number of ether oxygens (including phenoxy) is 1. The van der Waals surface area contributed by atoms with Crippen LogP contribution in [0.2, 0.25) is 5.02 Å². The molecule has 2 aromatic rings. The second-order valence-electron chi connectivity index (χ2n) is 6.65. The van der Waals surface area contributed by atoms with Gasteiger partial charge in [0, 0.05) is 30.3 Å². The van der Waals surface area contributed by atoms with Crippen molar-refractivity contribution < 1.29 is 9.53 Å². The summed E-state index contributed by atoms with van der Waals surface area (Å²) in [6, 6.07) is 18.0. The molecule has 1 atom stereocenters. The summed E-state index contributed by atoms with van der Waals surface area (Å²) in [5, 5.41) is 7.27. The Labute approximate surface area is 165 Å². The van der Waals surface area contributed by atoms with Crippen molar-refractivity contribution in [3.05, 3.63) is 65.2 Å². The van der Waals surface area contributed by atoms with Gasteiger partial charge in [0.05, 0.1) is 25.8 Å². The maximum atomic E-state index is 12.2. The topological polar surface area (TPSA) is 53.6 Å². The highest BCUT2D eigenvalue weighted by atomic mass is 35.5. The summed E-state index contributed by atoms with van der Waals surface area (Å²) in [6.07, 6.45) is 0.783. The van der Waals surface area contributed by atoms with Crippen LogP contribution in [0.5, 0.6) is 0 Å². The van der Waals surface area contributed by atoms with E-state index in [0.29, 0.717) is 31.3 Å². The Kier molecular flexibility index (Phi) is 7.51. The minimum atomic E-state index is 0.0615. The molecule has 27 heavy (non-hydrogen) atoms. The number of benzene rings is 2. The van der Waals surface area contributed by atoms with Crippen LogP contribution in [0, 0.1) is 0 Å². The van der Waals surface area contributed by atoms with Crippen molar-refractivity contribution in [2.24, 2.45) is 0 Å². The molecular weight excluding hydrogens is 362 g/mol. The first kappa shape index (κ1) is 19.7. The van der Waals surface area contributed by atoms with Crippen molar-refractivity contribution in [1.82, 2.24) is 10.2 Å². The van der Waals surface area contributed by atoms with Gasteiger partial charge in [-0.05, 0) is 30.2 Å². The second-order valence-corrected chi connectivity index (χ2v) is 7.08. The molecule has 1 aliphatic heterocycles. The summed E-state index contributed by atoms with van der Waals surface area (Å²) in [7, 11) is 0. The number of carbonyl (C=O) groups excluding carboxylic acids is 1. The van der Waals surface area contributed by atoms with Crippen molar-refractivity contribution in [2.75, 3.05) is 44.7 Å². The Bertz CT molecular complexity index is 720. The van der Waals surface area contributed by atoms with E-state index in [9.17, 15) is 4.79 Å². The third-order valence-corrected chi connectivity index (χ3v) is 4.83. The maximum Gasteiger partial charge on any atom is 0.234 e. The van der Waals surface area contributed by atoms with E-state index in [0.717, 1.165) is 25.2 Å². The average Bonchev–Trinajstić information content (AvgIpc) is 2.69. The van der Waals surface area contributed by atoms with Gasteiger partial charge in [-0.15, -0.1) is 0 Å². The van der Waals surface area contributed by atoms with Crippen LogP contribution in [-0.4, -0.2) is 50.2 Å². The summed E-state index contributed by atoms with van der Waals surface area (Å²) < 4.78 is 5.32. The quantitative estimate of drug-likeness (QED) is 0.729. The standard InChI is InChI=1S/C21H26ClN3O2/c22-18-7-4-8-19(15-18)24-20(17-5-2-1-3-6-17)9-10-23-21(26)16-25-11-13-27-14-12-25/h1-8,15,20,24H,9-14,16H2,(H,23,26). The number of rotatable bonds is 8. The molecule has 2 N–H and O–H groups in total. The molecule has 1 saturated heterocycles. The highest BCUT2D eigenvalue weighted by Gasteiger charge is 2.15. The van der Waals surface area contributed by atoms with Gasteiger partial charge in [0.25, 0.3) is 0 Å². The molecule has 3 rings (SSSR count). The molecule has 6 heteroatoms. The van der Waals surface area contributed by atoms with Gasteiger partial charge in [0.1, 0.15) is 0 Å². The summed E-state index contributed by atoms with van der Waals surface area (Å²) >= 11 is 6.10. The first-order chi connectivity index (χ1) is 13.2. The van der Waals surface area contributed by atoms with Gasteiger partial charge in [-0.3, -0.25) is 9.69 Å². The fourth-order valence-corrected chi connectivity index (χ4v) is 3.35. The van der Waals surface area contributed by atoms with Crippen LogP contribution < -0.4 is 10.6 Å². The van der Waals surface area contributed by atoms with Gasteiger partial charge < -0.3 is 15.4 Å². The Hall–Kier alpha value is -2.08. The van der Waals surface area contributed by atoms with Gasteiger partial charge in [0.15, 0.2) is 0 Å². The number of morpholine rings is 1. The molecule has 1 fully saturated rings. The summed E-state index contributed by atoms with van der Waals surface area (Å²) in [5.74, 6) is 0.0615. The number of halogens is 1. The molecule has 0 spiro atoms. The monoisotopic (exact) mass is 387 g/mol. The highest BCUT2D eigenvalue weighted by molar-refractivity contribution is 6.30. The largest absolute Gasteiger partial charge is 0.379 e. The van der Waals surface area contributed by atoms with Crippen molar-refractivity contribution in [1.29, 1.82) is 0 Å². The molecule has 0 saturated carbocycles. The van der Waals surface area contributed by atoms with E-state index in [1.165, 1.54) is 5.56 Å². The number of hydrogen-bond acceptors (Lipinski definition) is 4. The molecule has 0 aliphatic carbocycles. The van der Waals surface area contributed by atoms with Gasteiger partial charge in [0.2, 0.25) is 5.91 Å². The number of hydrogen-bond donors (Lipinski definition) is 2. The third kappa shape index (κ3) is 6.54. The van der Waals surface area contributed by atoms with Crippen LogP contribution >= 0.6 is 11.6 Å². The van der Waals surface area contributed by atoms with Crippen molar-refractivity contribution in [3.8, 4) is 0 Å². The zero-order chi connectivity index (χ0) is 18.9. The van der Waals surface area contributed by atoms with E-state index < -0.39 is 0 Å². The molecule has 1 aliphatic rings. The van der Waals surface area contributed by atoms with Crippen LogP contribution in [0.15, 0.2) is 54.6 Å². The predicted octanol–water partition coefficient (Wildman–Crippen LogP) is 3.33. The lowest BCUT2D eigenvalue weighted by molar-refractivity contribution is -0.123. The molecule has 1 amide bonds. The fraction of sp³-hybridized carbons (Fsp3) is 0.381. The van der Waals surface area contributed by atoms with E-state index in [1.807, 2.05) is 42.5 Å².